The Balaban J connectivity index is 1.36. The van der Waals surface area contributed by atoms with Gasteiger partial charge in [-0.25, -0.2) is 12.8 Å². The van der Waals surface area contributed by atoms with Crippen molar-refractivity contribution in [1.29, 1.82) is 0 Å². The number of rotatable bonds is 6. The quantitative estimate of drug-likeness (QED) is 0.714. The number of halogens is 2. The molecule has 1 N–H and O–H groups in total. The van der Waals surface area contributed by atoms with E-state index in [1.165, 1.54) is 12.1 Å². The molecule has 1 heterocycles. The zero-order chi connectivity index (χ0) is 20.3. The van der Waals surface area contributed by atoms with Crippen molar-refractivity contribution in [3.05, 3.63) is 34.9 Å². The Hall–Kier alpha value is -2.53. The van der Waals surface area contributed by atoms with Crippen molar-refractivity contribution >= 4 is 33.1 Å². The van der Waals surface area contributed by atoms with E-state index in [1.54, 1.807) is 0 Å². The maximum absolute atomic E-state index is 13.4. The second-order valence-corrected chi connectivity index (χ2v) is 9.21. The highest BCUT2D eigenvalue weighted by atomic mass is 35.5. The molecule has 1 amide bonds. The van der Waals surface area contributed by atoms with E-state index in [-0.39, 0.29) is 35.3 Å². The monoisotopic (exact) mass is 429 g/mol. The van der Waals surface area contributed by atoms with Crippen LogP contribution in [0.25, 0.3) is 0 Å². The number of amides is 1. The third-order valence-electron chi connectivity index (χ3n) is 4.85. The van der Waals surface area contributed by atoms with Crippen LogP contribution in [0.4, 0.5) is 4.39 Å². The zero-order valence-corrected chi connectivity index (χ0v) is 15.9. The molecule has 0 unspecified atom stereocenters. The van der Waals surface area contributed by atoms with E-state index in [0.29, 0.717) is 0 Å². The zero-order valence-electron chi connectivity index (χ0n) is 14.4. The normalized spacial score (nSPS) is 25.6. The van der Waals surface area contributed by atoms with Crippen LogP contribution in [0.2, 0.25) is 5.02 Å². The molecule has 28 heavy (non-hydrogen) atoms. The topological polar surface area (TPSA) is 128 Å². The molecule has 5 rings (SSSR count). The fraction of sp³-hybridized carbons (Fsp3) is 0.375. The Morgan fingerprint density at radius 1 is 1.39 bits per heavy atom. The minimum Gasteiger partial charge on any atom is -0.484 e. The number of ketones is 1. The molecule has 0 radical (unpaired) electrons. The lowest BCUT2D eigenvalue weighted by molar-refractivity contribution is -0.173. The van der Waals surface area contributed by atoms with Gasteiger partial charge in [0.15, 0.2) is 12.4 Å². The van der Waals surface area contributed by atoms with Crippen LogP contribution in [0.3, 0.4) is 0 Å². The molecule has 1 aromatic carbocycles. The van der Waals surface area contributed by atoms with Crippen LogP contribution in [-0.4, -0.2) is 48.7 Å². The van der Waals surface area contributed by atoms with Crippen LogP contribution in [0.1, 0.15) is 18.7 Å². The number of hydrogen-bond donors (Lipinski definition) is 1. The Labute approximate surface area is 163 Å². The van der Waals surface area contributed by atoms with Crippen LogP contribution in [0.15, 0.2) is 27.8 Å². The van der Waals surface area contributed by atoms with Crippen molar-refractivity contribution in [2.75, 3.05) is 12.9 Å². The molecule has 3 aliphatic rings. The van der Waals surface area contributed by atoms with Gasteiger partial charge in [-0.3, -0.25) is 9.59 Å². The van der Waals surface area contributed by atoms with Crippen LogP contribution in [0, 0.1) is 5.82 Å². The highest BCUT2D eigenvalue weighted by molar-refractivity contribution is 7.90. The van der Waals surface area contributed by atoms with E-state index in [0.717, 1.165) is 12.3 Å². The van der Waals surface area contributed by atoms with Gasteiger partial charge in [-0.05, 0) is 25.0 Å². The Kier molecular flexibility index (Phi) is 4.02. The second kappa shape index (κ2) is 5.98. The summed E-state index contributed by atoms with van der Waals surface area (Å²) in [6.07, 6.45) is 1.37. The van der Waals surface area contributed by atoms with Crippen LogP contribution < -0.4 is 10.1 Å². The fourth-order valence-corrected chi connectivity index (χ4v) is 4.05. The number of hydrogen-bond acceptors (Lipinski definition) is 8. The molecular formula is C16H13ClFN3O6S. The van der Waals surface area contributed by atoms with Crippen molar-refractivity contribution in [2.45, 2.75) is 29.0 Å². The number of carbonyl (C=O) groups is 2. The van der Waals surface area contributed by atoms with Gasteiger partial charge in [-0.1, -0.05) is 16.7 Å². The number of Topliss-reactive ketones (excluding diaryl/α,β-unsaturated/α-hetero) is 1. The first-order chi connectivity index (χ1) is 13.1. The van der Waals surface area contributed by atoms with Gasteiger partial charge in [-0.15, -0.1) is 5.10 Å². The largest absolute Gasteiger partial charge is 0.484 e. The second-order valence-electron chi connectivity index (χ2n) is 6.90. The summed E-state index contributed by atoms with van der Waals surface area (Å²) in [5.74, 6) is -1.50. The number of nitrogens with zero attached hydrogens (tertiary/aromatic N) is 2. The summed E-state index contributed by atoms with van der Waals surface area (Å²) in [4.78, 5) is 24.6. The molecular weight excluding hydrogens is 417 g/mol. The number of aromatic nitrogens is 2. The van der Waals surface area contributed by atoms with Gasteiger partial charge in [0.05, 0.1) is 5.02 Å². The predicted octanol–water partition coefficient (Wildman–Crippen LogP) is 0.814. The predicted molar refractivity (Wildman–Crippen MR) is 91.1 cm³/mol. The average molecular weight is 430 g/mol. The minimum absolute atomic E-state index is 0.0676. The number of ether oxygens (including phenoxy) is 1. The van der Waals surface area contributed by atoms with Crippen LogP contribution in [0.5, 0.6) is 5.75 Å². The van der Waals surface area contributed by atoms with Crippen molar-refractivity contribution in [3.8, 4) is 5.75 Å². The average Bonchev–Trinajstić information content (AvgIpc) is 3.09. The molecule has 0 saturated heterocycles. The molecule has 3 aliphatic carbocycles. The summed E-state index contributed by atoms with van der Waals surface area (Å²) >= 11 is 5.57. The van der Waals surface area contributed by atoms with Crippen molar-refractivity contribution < 1.29 is 31.6 Å². The lowest BCUT2D eigenvalue weighted by Crippen LogP contribution is -2.85. The number of sulfone groups is 1. The van der Waals surface area contributed by atoms with Gasteiger partial charge in [-0.2, -0.15) is 0 Å². The summed E-state index contributed by atoms with van der Waals surface area (Å²) in [6.45, 7) is -0.415. The molecule has 2 bridgehead atoms. The van der Waals surface area contributed by atoms with E-state index < -0.39 is 44.3 Å². The summed E-state index contributed by atoms with van der Waals surface area (Å²) < 4.78 is 46.5. The summed E-state index contributed by atoms with van der Waals surface area (Å²) in [5, 5.41) is 9.09. The minimum atomic E-state index is -3.67. The van der Waals surface area contributed by atoms with Crippen LogP contribution in [-0.2, 0) is 24.8 Å². The SMILES string of the molecule is CS(=O)(=O)c1nnc(C23CC(NC(=O)COc4ccc(Cl)c(F)c4)(C2)C3=O)o1. The van der Waals surface area contributed by atoms with Crippen molar-refractivity contribution in [2.24, 2.45) is 0 Å². The first-order valence-electron chi connectivity index (χ1n) is 8.04. The third kappa shape index (κ3) is 2.76. The van der Waals surface area contributed by atoms with Crippen molar-refractivity contribution in [1.82, 2.24) is 15.5 Å². The maximum Gasteiger partial charge on any atom is 0.335 e. The lowest BCUT2D eigenvalue weighted by atomic mass is 9.38. The Morgan fingerprint density at radius 2 is 2.11 bits per heavy atom. The molecule has 3 fully saturated rings. The first-order valence-corrected chi connectivity index (χ1v) is 10.3. The van der Waals surface area contributed by atoms with Crippen molar-refractivity contribution in [3.63, 3.8) is 0 Å². The van der Waals surface area contributed by atoms with Gasteiger partial charge < -0.3 is 14.5 Å². The molecule has 1 aromatic heterocycles. The molecule has 12 heteroatoms. The van der Waals surface area contributed by atoms with Crippen LogP contribution >= 0.6 is 11.6 Å². The molecule has 0 spiro atoms. The summed E-state index contributed by atoms with van der Waals surface area (Å²) in [6, 6.07) is 3.76. The highest BCUT2D eigenvalue weighted by Crippen LogP contribution is 2.64. The van der Waals surface area contributed by atoms with E-state index in [2.05, 4.69) is 15.5 Å². The lowest BCUT2D eigenvalue weighted by Gasteiger charge is -2.65. The van der Waals surface area contributed by atoms with E-state index >= 15 is 0 Å². The fourth-order valence-electron chi connectivity index (χ4n) is 3.51. The maximum atomic E-state index is 13.4. The van der Waals surface area contributed by atoms with E-state index in [9.17, 15) is 22.4 Å². The number of carbonyl (C=O) groups excluding carboxylic acids is 2. The molecule has 3 saturated carbocycles. The van der Waals surface area contributed by atoms with Gasteiger partial charge in [0.1, 0.15) is 22.5 Å². The summed E-state index contributed by atoms with van der Waals surface area (Å²) in [7, 11) is -3.67. The molecule has 148 valence electrons. The van der Waals surface area contributed by atoms with E-state index in [4.69, 9.17) is 20.8 Å². The molecule has 0 aliphatic heterocycles. The highest BCUT2D eigenvalue weighted by Gasteiger charge is 2.80. The standard InChI is InChI=1S/C16H13ClFN3O6S/c1-28(24,25)14-21-20-13(27-14)15-6-16(7-15,12(15)23)19-11(22)5-26-8-2-3-9(17)10(18)4-8/h2-4H,5-7H2,1H3,(H,19,22). The Morgan fingerprint density at radius 3 is 2.68 bits per heavy atom. The van der Waals surface area contributed by atoms with Gasteiger partial charge in [0.2, 0.25) is 15.7 Å². The third-order valence-corrected chi connectivity index (χ3v) is 5.96. The molecule has 0 atom stereocenters. The first kappa shape index (κ1) is 18.8. The number of benzene rings is 1. The molecule has 9 nitrogen and oxygen atoms in total. The molecule has 2 aromatic rings. The van der Waals surface area contributed by atoms with Gasteiger partial charge >= 0.3 is 5.22 Å². The van der Waals surface area contributed by atoms with Gasteiger partial charge in [0.25, 0.3) is 5.91 Å². The number of nitrogens with one attached hydrogen (secondary N) is 1. The Bertz CT molecular complexity index is 1110. The van der Waals surface area contributed by atoms with E-state index in [1.807, 2.05) is 0 Å². The summed E-state index contributed by atoms with van der Waals surface area (Å²) in [5.41, 5.74) is -2.10. The smallest absolute Gasteiger partial charge is 0.335 e. The van der Waals surface area contributed by atoms with Gasteiger partial charge in [0, 0.05) is 12.3 Å².